The predicted molar refractivity (Wildman–Crippen MR) is 97.4 cm³/mol. The maximum Gasteiger partial charge on any atom is 0.243 e. The second-order valence-corrected chi connectivity index (χ2v) is 5.80. The summed E-state index contributed by atoms with van der Waals surface area (Å²) in [6, 6.07) is 12.2. The molecule has 128 valence electrons. The second-order valence-electron chi connectivity index (χ2n) is 4.93. The van der Waals surface area contributed by atoms with E-state index < -0.39 is 0 Å². The number of carbonyl (C=O) groups is 1. The molecule has 0 aliphatic heterocycles. The number of carbonyl (C=O) groups excluding carboxylic acids is 1. The number of nitrogens with one attached hydrogen (secondary N) is 2. The first-order chi connectivity index (χ1) is 11.6. The molecule has 1 amide bonds. The number of anilines is 2. The van der Waals surface area contributed by atoms with Gasteiger partial charge in [-0.15, -0.1) is 0 Å². The third-order valence-electron chi connectivity index (χ3n) is 3.01. The maximum absolute atomic E-state index is 12.0. The van der Waals surface area contributed by atoms with Crippen molar-refractivity contribution in [1.82, 2.24) is 0 Å². The standard InChI is InChI=1S/C17H18Cl2N2O3/c1-23-6-7-24-16-4-2-14(3-5-16)20-11-17(22)21-15-9-12(18)8-13(19)10-15/h2-5,8-10,20H,6-7,11H2,1H3,(H,21,22). The van der Waals surface area contributed by atoms with Gasteiger partial charge < -0.3 is 20.1 Å². The van der Waals surface area contributed by atoms with Gasteiger partial charge in [0.2, 0.25) is 5.91 Å². The van der Waals surface area contributed by atoms with E-state index in [2.05, 4.69) is 10.6 Å². The fourth-order valence-corrected chi connectivity index (χ4v) is 2.45. The Hall–Kier alpha value is -1.95. The molecule has 2 aromatic rings. The minimum absolute atomic E-state index is 0.119. The van der Waals surface area contributed by atoms with Gasteiger partial charge in [0.05, 0.1) is 13.2 Å². The molecule has 0 fully saturated rings. The van der Waals surface area contributed by atoms with Crippen LogP contribution in [0.1, 0.15) is 0 Å². The summed E-state index contributed by atoms with van der Waals surface area (Å²) in [5.74, 6) is 0.546. The molecule has 0 bridgehead atoms. The molecule has 5 nitrogen and oxygen atoms in total. The number of hydrogen-bond acceptors (Lipinski definition) is 4. The fraction of sp³-hybridized carbons (Fsp3) is 0.235. The SMILES string of the molecule is COCCOc1ccc(NCC(=O)Nc2cc(Cl)cc(Cl)c2)cc1. The van der Waals surface area contributed by atoms with Crippen LogP contribution < -0.4 is 15.4 Å². The van der Waals surface area contributed by atoms with E-state index >= 15 is 0 Å². The Bertz CT molecular complexity index is 658. The van der Waals surface area contributed by atoms with Crippen LogP contribution in [-0.4, -0.2) is 32.8 Å². The van der Waals surface area contributed by atoms with Crippen LogP contribution in [0.4, 0.5) is 11.4 Å². The minimum atomic E-state index is -0.200. The van der Waals surface area contributed by atoms with Gasteiger partial charge in [-0.1, -0.05) is 23.2 Å². The molecule has 0 saturated heterocycles. The topological polar surface area (TPSA) is 59.6 Å². The van der Waals surface area contributed by atoms with E-state index in [4.69, 9.17) is 32.7 Å². The smallest absolute Gasteiger partial charge is 0.243 e. The lowest BCUT2D eigenvalue weighted by Gasteiger charge is -2.10. The van der Waals surface area contributed by atoms with Crippen LogP contribution in [0.25, 0.3) is 0 Å². The molecule has 0 atom stereocenters. The van der Waals surface area contributed by atoms with Crippen molar-refractivity contribution < 1.29 is 14.3 Å². The zero-order valence-corrected chi connectivity index (χ0v) is 14.7. The van der Waals surface area contributed by atoms with Crippen molar-refractivity contribution in [3.8, 4) is 5.75 Å². The van der Waals surface area contributed by atoms with Crippen LogP contribution >= 0.6 is 23.2 Å². The predicted octanol–water partition coefficient (Wildman–Crippen LogP) is 4.07. The summed E-state index contributed by atoms with van der Waals surface area (Å²) in [5.41, 5.74) is 1.37. The normalized spacial score (nSPS) is 10.3. The van der Waals surface area contributed by atoms with Crippen molar-refractivity contribution >= 4 is 40.5 Å². The van der Waals surface area contributed by atoms with Crippen LogP contribution in [0.5, 0.6) is 5.75 Å². The van der Waals surface area contributed by atoms with E-state index in [1.807, 2.05) is 24.3 Å². The molecule has 0 radical (unpaired) electrons. The van der Waals surface area contributed by atoms with Crippen molar-refractivity contribution in [2.75, 3.05) is 37.5 Å². The number of benzene rings is 2. The Balaban J connectivity index is 1.80. The van der Waals surface area contributed by atoms with Crippen LogP contribution in [0.15, 0.2) is 42.5 Å². The van der Waals surface area contributed by atoms with Gasteiger partial charge in [0.1, 0.15) is 12.4 Å². The average molecular weight is 369 g/mol. The molecule has 7 heteroatoms. The average Bonchev–Trinajstić information content (AvgIpc) is 2.53. The first-order valence-corrected chi connectivity index (χ1v) is 8.04. The fourth-order valence-electron chi connectivity index (χ4n) is 1.93. The molecule has 0 aliphatic carbocycles. The summed E-state index contributed by atoms with van der Waals surface area (Å²) >= 11 is 11.8. The summed E-state index contributed by atoms with van der Waals surface area (Å²) < 4.78 is 10.4. The molecule has 0 aliphatic rings. The van der Waals surface area contributed by atoms with E-state index in [1.54, 1.807) is 25.3 Å². The number of hydrogen-bond donors (Lipinski definition) is 2. The minimum Gasteiger partial charge on any atom is -0.491 e. The van der Waals surface area contributed by atoms with Crippen molar-refractivity contribution in [1.29, 1.82) is 0 Å². The van der Waals surface area contributed by atoms with Gasteiger partial charge >= 0.3 is 0 Å². The second kappa shape index (κ2) is 9.37. The Morgan fingerprint density at radius 2 is 1.67 bits per heavy atom. The summed E-state index contributed by atoms with van der Waals surface area (Å²) in [7, 11) is 1.62. The molecular formula is C17H18Cl2N2O3. The number of rotatable bonds is 8. The van der Waals surface area contributed by atoms with Crippen molar-refractivity contribution in [2.24, 2.45) is 0 Å². The molecule has 24 heavy (non-hydrogen) atoms. The van der Waals surface area contributed by atoms with Gasteiger partial charge in [0.25, 0.3) is 0 Å². The number of ether oxygens (including phenoxy) is 2. The largest absolute Gasteiger partial charge is 0.491 e. The molecular weight excluding hydrogens is 351 g/mol. The van der Waals surface area contributed by atoms with Gasteiger partial charge in [-0.2, -0.15) is 0 Å². The molecule has 0 heterocycles. The summed E-state index contributed by atoms with van der Waals surface area (Å²) in [6.07, 6.45) is 0. The first-order valence-electron chi connectivity index (χ1n) is 7.28. The number of halogens is 2. The van der Waals surface area contributed by atoms with Crippen LogP contribution in [0.2, 0.25) is 10.0 Å². The highest BCUT2D eigenvalue weighted by Gasteiger charge is 2.04. The molecule has 2 aromatic carbocycles. The Labute approximate surface area is 150 Å². The highest BCUT2D eigenvalue weighted by atomic mass is 35.5. The van der Waals surface area contributed by atoms with Gasteiger partial charge in [-0.3, -0.25) is 4.79 Å². The maximum atomic E-state index is 12.0. The van der Waals surface area contributed by atoms with E-state index in [-0.39, 0.29) is 12.5 Å². The van der Waals surface area contributed by atoms with Crippen molar-refractivity contribution in [3.05, 3.63) is 52.5 Å². The molecule has 0 saturated carbocycles. The zero-order valence-electron chi connectivity index (χ0n) is 13.1. The molecule has 2 rings (SSSR count). The summed E-state index contributed by atoms with van der Waals surface area (Å²) in [6.45, 7) is 1.15. The van der Waals surface area contributed by atoms with Crippen LogP contribution in [0, 0.1) is 0 Å². The molecule has 2 N–H and O–H groups in total. The first kappa shape index (κ1) is 18.4. The third kappa shape index (κ3) is 6.28. The highest BCUT2D eigenvalue weighted by molar-refractivity contribution is 6.35. The lowest BCUT2D eigenvalue weighted by Crippen LogP contribution is -2.21. The molecule has 0 aromatic heterocycles. The van der Waals surface area contributed by atoms with Gasteiger partial charge in [0.15, 0.2) is 0 Å². The number of amides is 1. The van der Waals surface area contributed by atoms with Crippen LogP contribution in [0.3, 0.4) is 0 Å². The lowest BCUT2D eigenvalue weighted by atomic mass is 10.3. The van der Waals surface area contributed by atoms with E-state index in [1.165, 1.54) is 0 Å². The summed E-state index contributed by atoms with van der Waals surface area (Å²) in [4.78, 5) is 12.0. The van der Waals surface area contributed by atoms with Crippen LogP contribution in [-0.2, 0) is 9.53 Å². The monoisotopic (exact) mass is 368 g/mol. The highest BCUT2D eigenvalue weighted by Crippen LogP contribution is 2.22. The quantitative estimate of drug-likeness (QED) is 0.689. The lowest BCUT2D eigenvalue weighted by molar-refractivity contribution is -0.114. The van der Waals surface area contributed by atoms with E-state index in [0.29, 0.717) is 28.9 Å². The summed E-state index contributed by atoms with van der Waals surface area (Å²) in [5, 5.41) is 6.70. The Morgan fingerprint density at radius 1 is 1.00 bits per heavy atom. The van der Waals surface area contributed by atoms with Gasteiger partial charge in [-0.05, 0) is 42.5 Å². The Kier molecular flexibility index (Phi) is 7.18. The number of methoxy groups -OCH3 is 1. The third-order valence-corrected chi connectivity index (χ3v) is 3.45. The zero-order chi connectivity index (χ0) is 17.4. The van der Waals surface area contributed by atoms with Crippen molar-refractivity contribution in [2.45, 2.75) is 0 Å². The molecule has 0 spiro atoms. The van der Waals surface area contributed by atoms with Crippen molar-refractivity contribution in [3.63, 3.8) is 0 Å². The van der Waals surface area contributed by atoms with Gasteiger partial charge in [-0.25, -0.2) is 0 Å². The van der Waals surface area contributed by atoms with E-state index in [9.17, 15) is 4.79 Å². The van der Waals surface area contributed by atoms with Gasteiger partial charge in [0, 0.05) is 28.5 Å². The molecule has 0 unspecified atom stereocenters. The Morgan fingerprint density at radius 3 is 2.29 bits per heavy atom. The van der Waals surface area contributed by atoms with E-state index in [0.717, 1.165) is 11.4 Å².